The third-order valence-electron chi connectivity index (χ3n) is 2.92. The van der Waals surface area contributed by atoms with Crippen LogP contribution in [0.15, 0.2) is 18.2 Å². The van der Waals surface area contributed by atoms with Crippen LogP contribution in [0.4, 0.5) is 5.69 Å². The Labute approximate surface area is 106 Å². The van der Waals surface area contributed by atoms with E-state index in [4.69, 9.17) is 15.2 Å². The van der Waals surface area contributed by atoms with Gasteiger partial charge in [0.05, 0.1) is 0 Å². The molecule has 1 unspecified atom stereocenters. The molecule has 5 heteroatoms. The largest absolute Gasteiger partial charge is 0.454 e. The van der Waals surface area contributed by atoms with Gasteiger partial charge in [-0.3, -0.25) is 4.79 Å². The van der Waals surface area contributed by atoms with Gasteiger partial charge < -0.3 is 20.5 Å². The second kappa shape index (κ2) is 5.73. The van der Waals surface area contributed by atoms with Crippen LogP contribution in [0.25, 0.3) is 0 Å². The van der Waals surface area contributed by atoms with Crippen molar-refractivity contribution in [2.24, 2.45) is 11.7 Å². The van der Waals surface area contributed by atoms with Crippen molar-refractivity contribution in [1.29, 1.82) is 0 Å². The minimum atomic E-state index is -0.00540. The Morgan fingerprint density at radius 3 is 3.00 bits per heavy atom. The Hall–Kier alpha value is -1.75. The fourth-order valence-corrected chi connectivity index (χ4v) is 1.69. The lowest BCUT2D eigenvalue weighted by Crippen LogP contribution is -2.16. The number of anilines is 1. The van der Waals surface area contributed by atoms with Crippen LogP contribution in [0.5, 0.6) is 11.5 Å². The van der Waals surface area contributed by atoms with Gasteiger partial charge in [-0.1, -0.05) is 6.92 Å². The number of carbonyl (C=O) groups excluding carboxylic acids is 1. The molecule has 0 spiro atoms. The second-order valence-corrected chi connectivity index (χ2v) is 4.50. The molecule has 0 radical (unpaired) electrons. The summed E-state index contributed by atoms with van der Waals surface area (Å²) in [7, 11) is 0. The third kappa shape index (κ3) is 3.13. The van der Waals surface area contributed by atoms with E-state index in [1.54, 1.807) is 18.2 Å². The van der Waals surface area contributed by atoms with Crippen molar-refractivity contribution in [3.8, 4) is 11.5 Å². The van der Waals surface area contributed by atoms with Gasteiger partial charge in [0.25, 0.3) is 0 Å². The molecule has 1 aliphatic heterocycles. The topological polar surface area (TPSA) is 73.6 Å². The number of benzene rings is 1. The monoisotopic (exact) mass is 250 g/mol. The minimum Gasteiger partial charge on any atom is -0.454 e. The van der Waals surface area contributed by atoms with Crippen LogP contribution < -0.4 is 20.5 Å². The lowest BCUT2D eigenvalue weighted by Gasteiger charge is -2.09. The van der Waals surface area contributed by atoms with Gasteiger partial charge in [-0.25, -0.2) is 0 Å². The number of hydrogen-bond donors (Lipinski definition) is 2. The smallest absolute Gasteiger partial charge is 0.231 e. The Kier molecular flexibility index (Phi) is 4.04. The first-order valence-electron chi connectivity index (χ1n) is 6.08. The normalized spacial score (nSPS) is 14.3. The molecule has 0 aromatic heterocycles. The van der Waals surface area contributed by atoms with Crippen LogP contribution >= 0.6 is 0 Å². The molecule has 1 heterocycles. The molecule has 0 saturated heterocycles. The Balaban J connectivity index is 1.87. The molecule has 1 amide bonds. The Morgan fingerprint density at radius 1 is 1.44 bits per heavy atom. The maximum absolute atomic E-state index is 11.7. The highest BCUT2D eigenvalue weighted by molar-refractivity contribution is 5.91. The maximum atomic E-state index is 11.7. The number of nitrogens with two attached hydrogens (primary N) is 1. The second-order valence-electron chi connectivity index (χ2n) is 4.50. The number of amides is 1. The summed E-state index contributed by atoms with van der Waals surface area (Å²) in [5, 5.41) is 2.84. The van der Waals surface area contributed by atoms with Crippen LogP contribution in [0, 0.1) is 5.92 Å². The zero-order chi connectivity index (χ0) is 13.0. The predicted molar refractivity (Wildman–Crippen MR) is 68.6 cm³/mol. The fraction of sp³-hybridized carbons (Fsp3) is 0.462. The molecule has 1 aromatic rings. The van der Waals surface area contributed by atoms with Gasteiger partial charge in [0, 0.05) is 18.2 Å². The molecular formula is C13H18N2O3. The van der Waals surface area contributed by atoms with Gasteiger partial charge in [0.2, 0.25) is 12.7 Å². The van der Waals surface area contributed by atoms with Crippen LogP contribution in [-0.2, 0) is 4.79 Å². The Bertz CT molecular complexity index is 434. The highest BCUT2D eigenvalue weighted by Crippen LogP contribution is 2.34. The van der Waals surface area contributed by atoms with E-state index in [0.717, 1.165) is 12.1 Å². The molecule has 0 saturated carbocycles. The highest BCUT2D eigenvalue weighted by atomic mass is 16.7. The van der Waals surface area contributed by atoms with Gasteiger partial charge in [-0.2, -0.15) is 0 Å². The molecule has 1 aliphatic rings. The van der Waals surface area contributed by atoms with Crippen molar-refractivity contribution in [2.45, 2.75) is 19.8 Å². The summed E-state index contributed by atoms with van der Waals surface area (Å²) in [6, 6.07) is 5.37. The number of rotatable bonds is 5. The van der Waals surface area contributed by atoms with Gasteiger partial charge in [-0.05, 0) is 31.0 Å². The SMILES string of the molecule is CC(CN)CCC(=O)Nc1ccc2c(c1)OCO2. The highest BCUT2D eigenvalue weighted by Gasteiger charge is 2.14. The standard InChI is InChI=1S/C13H18N2O3/c1-9(7-14)2-5-13(16)15-10-3-4-11-12(6-10)18-8-17-11/h3-4,6,9H,2,5,7-8,14H2,1H3,(H,15,16). The first kappa shape index (κ1) is 12.7. The van der Waals surface area contributed by atoms with Crippen molar-refractivity contribution in [3.05, 3.63) is 18.2 Å². The summed E-state index contributed by atoms with van der Waals surface area (Å²) >= 11 is 0. The van der Waals surface area contributed by atoms with E-state index in [2.05, 4.69) is 5.32 Å². The Morgan fingerprint density at radius 2 is 2.22 bits per heavy atom. The van der Waals surface area contributed by atoms with Crippen molar-refractivity contribution in [2.75, 3.05) is 18.7 Å². The van der Waals surface area contributed by atoms with Crippen LogP contribution in [0.3, 0.4) is 0 Å². The van der Waals surface area contributed by atoms with Gasteiger partial charge >= 0.3 is 0 Å². The van der Waals surface area contributed by atoms with Gasteiger partial charge in [-0.15, -0.1) is 0 Å². The molecular weight excluding hydrogens is 232 g/mol. The number of ether oxygens (including phenoxy) is 2. The van der Waals surface area contributed by atoms with Gasteiger partial charge in [0.1, 0.15) is 0 Å². The van der Waals surface area contributed by atoms with Crippen LogP contribution in [0.1, 0.15) is 19.8 Å². The summed E-state index contributed by atoms with van der Waals surface area (Å²) < 4.78 is 10.4. The molecule has 18 heavy (non-hydrogen) atoms. The van der Waals surface area contributed by atoms with Crippen LogP contribution in [-0.4, -0.2) is 19.2 Å². The summed E-state index contributed by atoms with van der Waals surface area (Å²) in [6.45, 7) is 2.88. The molecule has 5 nitrogen and oxygen atoms in total. The number of carbonyl (C=O) groups is 1. The van der Waals surface area contributed by atoms with E-state index >= 15 is 0 Å². The summed E-state index contributed by atoms with van der Waals surface area (Å²) in [4.78, 5) is 11.7. The third-order valence-corrected chi connectivity index (χ3v) is 2.92. The first-order valence-corrected chi connectivity index (χ1v) is 6.08. The molecule has 0 bridgehead atoms. The average molecular weight is 250 g/mol. The van der Waals surface area contributed by atoms with Crippen LogP contribution in [0.2, 0.25) is 0 Å². The van der Waals surface area contributed by atoms with Crippen molar-refractivity contribution in [1.82, 2.24) is 0 Å². The molecule has 3 N–H and O–H groups in total. The molecule has 1 aromatic carbocycles. The van der Waals surface area contributed by atoms with E-state index in [0.29, 0.717) is 30.4 Å². The van der Waals surface area contributed by atoms with Crippen molar-refractivity contribution < 1.29 is 14.3 Å². The maximum Gasteiger partial charge on any atom is 0.231 e. The summed E-state index contributed by atoms with van der Waals surface area (Å²) in [6.07, 6.45) is 1.28. The molecule has 1 atom stereocenters. The van der Waals surface area contributed by atoms with E-state index in [9.17, 15) is 4.79 Å². The average Bonchev–Trinajstić information content (AvgIpc) is 2.83. The number of nitrogens with one attached hydrogen (secondary N) is 1. The first-order chi connectivity index (χ1) is 8.69. The lowest BCUT2D eigenvalue weighted by atomic mass is 10.1. The van der Waals surface area contributed by atoms with E-state index < -0.39 is 0 Å². The molecule has 0 fully saturated rings. The predicted octanol–water partition coefficient (Wildman–Crippen LogP) is 1.73. The van der Waals surface area contributed by atoms with Crippen molar-refractivity contribution >= 4 is 11.6 Å². The van der Waals surface area contributed by atoms with Gasteiger partial charge in [0.15, 0.2) is 11.5 Å². The number of fused-ring (bicyclic) bond motifs is 1. The fourth-order valence-electron chi connectivity index (χ4n) is 1.69. The molecule has 2 rings (SSSR count). The van der Waals surface area contributed by atoms with E-state index in [-0.39, 0.29) is 12.7 Å². The zero-order valence-electron chi connectivity index (χ0n) is 10.4. The lowest BCUT2D eigenvalue weighted by molar-refractivity contribution is -0.116. The molecule has 0 aliphatic carbocycles. The zero-order valence-corrected chi connectivity index (χ0v) is 10.4. The van der Waals surface area contributed by atoms with E-state index in [1.165, 1.54) is 0 Å². The number of hydrogen-bond acceptors (Lipinski definition) is 4. The summed E-state index contributed by atoms with van der Waals surface area (Å²) in [5.41, 5.74) is 6.24. The molecule has 98 valence electrons. The van der Waals surface area contributed by atoms with Crippen molar-refractivity contribution in [3.63, 3.8) is 0 Å². The summed E-state index contributed by atoms with van der Waals surface area (Å²) in [5.74, 6) is 1.74. The quantitative estimate of drug-likeness (QED) is 0.834. The van der Waals surface area contributed by atoms with E-state index in [1.807, 2.05) is 6.92 Å². The minimum absolute atomic E-state index is 0.00540.